The molecule has 1 saturated heterocycles. The van der Waals surface area contributed by atoms with Crippen LogP contribution in [-0.4, -0.2) is 36.3 Å². The smallest absolute Gasteiger partial charge is 0.119 e. The zero-order chi connectivity index (χ0) is 12.1. The van der Waals surface area contributed by atoms with Crippen LogP contribution in [-0.2, 0) is 0 Å². The molecule has 0 radical (unpaired) electrons. The highest BCUT2D eigenvalue weighted by atomic mass is 32.1. The van der Waals surface area contributed by atoms with Gasteiger partial charge in [-0.2, -0.15) is 4.99 Å². The molecule has 3 nitrogen and oxygen atoms in total. The van der Waals surface area contributed by atoms with Crippen molar-refractivity contribution in [2.24, 2.45) is 4.99 Å². The summed E-state index contributed by atoms with van der Waals surface area (Å²) in [5, 5.41) is 2.35. The number of benzene rings is 1. The average molecular weight is 248 g/mol. The van der Waals surface area contributed by atoms with Gasteiger partial charge in [0.25, 0.3) is 0 Å². The number of likely N-dealkylation sites (tertiary alicyclic amines) is 1. The van der Waals surface area contributed by atoms with Crippen LogP contribution in [0.15, 0.2) is 29.3 Å². The molecule has 0 bridgehead atoms. The third-order valence-electron chi connectivity index (χ3n) is 3.13. The van der Waals surface area contributed by atoms with Crippen LogP contribution in [0.5, 0.6) is 5.75 Å². The Morgan fingerprint density at radius 1 is 1.47 bits per heavy atom. The van der Waals surface area contributed by atoms with Gasteiger partial charge in [0, 0.05) is 6.04 Å². The zero-order valence-corrected chi connectivity index (χ0v) is 10.7. The molecule has 0 N–H and O–H groups in total. The monoisotopic (exact) mass is 248 g/mol. The van der Waals surface area contributed by atoms with Crippen molar-refractivity contribution in [3.05, 3.63) is 24.3 Å². The van der Waals surface area contributed by atoms with Gasteiger partial charge in [-0.05, 0) is 62.9 Å². The van der Waals surface area contributed by atoms with Gasteiger partial charge < -0.3 is 9.64 Å². The molecule has 1 aliphatic rings. The van der Waals surface area contributed by atoms with Gasteiger partial charge in [0.05, 0.1) is 10.8 Å². The van der Waals surface area contributed by atoms with E-state index in [0.717, 1.165) is 18.0 Å². The number of likely N-dealkylation sites (N-methyl/N-ethyl adjacent to an activating group) is 1. The fourth-order valence-electron chi connectivity index (χ4n) is 2.05. The van der Waals surface area contributed by atoms with E-state index >= 15 is 0 Å². The number of aliphatic imine (C=N–C) groups is 1. The maximum absolute atomic E-state index is 5.76. The molecule has 0 aromatic heterocycles. The Kier molecular flexibility index (Phi) is 4.26. The number of ether oxygens (including phenoxy) is 1. The van der Waals surface area contributed by atoms with Gasteiger partial charge in [-0.25, -0.2) is 0 Å². The Balaban J connectivity index is 1.88. The topological polar surface area (TPSA) is 24.8 Å². The molecular formula is C13H16N2OS. The number of nitrogens with zero attached hydrogens (tertiary/aromatic N) is 2. The largest absolute Gasteiger partial charge is 0.492 e. The standard InChI is InChI=1S/C13H16N2OS/c1-15-8-2-3-12(15)9-16-13-6-4-11(5-7-13)14-10-17/h4-7,12H,2-3,8-9H2,1H3/t12-/m0/s1. The normalized spacial score (nSPS) is 19.9. The SMILES string of the molecule is CN1CCC[C@H]1COc1ccc(N=C=S)cc1. The Morgan fingerprint density at radius 3 is 2.82 bits per heavy atom. The van der Waals surface area contributed by atoms with Gasteiger partial charge in [0.15, 0.2) is 0 Å². The first kappa shape index (κ1) is 12.2. The van der Waals surface area contributed by atoms with Crippen LogP contribution in [0.4, 0.5) is 5.69 Å². The van der Waals surface area contributed by atoms with E-state index in [4.69, 9.17) is 4.74 Å². The molecule has 0 aliphatic carbocycles. The predicted octanol–water partition coefficient (Wildman–Crippen LogP) is 2.89. The minimum absolute atomic E-state index is 0.550. The molecule has 1 aromatic rings. The number of thiocarbonyl (C=S) groups is 1. The summed E-state index contributed by atoms with van der Waals surface area (Å²) in [6, 6.07) is 8.15. The maximum atomic E-state index is 5.76. The average Bonchev–Trinajstić information content (AvgIpc) is 2.75. The molecule has 17 heavy (non-hydrogen) atoms. The second kappa shape index (κ2) is 5.92. The summed E-state index contributed by atoms with van der Waals surface area (Å²) >= 11 is 4.55. The van der Waals surface area contributed by atoms with Crippen LogP contribution in [0, 0.1) is 0 Å². The molecule has 0 amide bonds. The summed E-state index contributed by atoms with van der Waals surface area (Å²) < 4.78 is 5.76. The Morgan fingerprint density at radius 2 is 2.24 bits per heavy atom. The third kappa shape index (κ3) is 3.37. The van der Waals surface area contributed by atoms with Crippen molar-refractivity contribution in [1.82, 2.24) is 4.90 Å². The van der Waals surface area contributed by atoms with Crippen LogP contribution >= 0.6 is 12.2 Å². The number of hydrogen-bond donors (Lipinski definition) is 0. The minimum Gasteiger partial charge on any atom is -0.492 e. The summed E-state index contributed by atoms with van der Waals surface area (Å²) in [5.74, 6) is 0.883. The van der Waals surface area contributed by atoms with Crippen molar-refractivity contribution in [2.75, 3.05) is 20.2 Å². The summed E-state index contributed by atoms with van der Waals surface area (Å²) in [6.45, 7) is 1.93. The second-order valence-electron chi connectivity index (χ2n) is 4.28. The molecule has 4 heteroatoms. The lowest BCUT2D eigenvalue weighted by atomic mass is 10.2. The molecule has 90 valence electrons. The number of isothiocyanates is 1. The van der Waals surface area contributed by atoms with E-state index in [-0.39, 0.29) is 0 Å². The van der Waals surface area contributed by atoms with E-state index in [2.05, 4.69) is 34.3 Å². The fraction of sp³-hybridized carbons (Fsp3) is 0.462. The molecular weight excluding hydrogens is 232 g/mol. The van der Waals surface area contributed by atoms with Gasteiger partial charge in [-0.1, -0.05) is 0 Å². The molecule has 1 aromatic carbocycles. The van der Waals surface area contributed by atoms with Crippen molar-refractivity contribution in [3.8, 4) is 5.75 Å². The van der Waals surface area contributed by atoms with E-state index in [1.54, 1.807) is 0 Å². The summed E-state index contributed by atoms with van der Waals surface area (Å²) in [7, 11) is 2.15. The molecule has 0 unspecified atom stereocenters. The van der Waals surface area contributed by atoms with Crippen LogP contribution in [0.1, 0.15) is 12.8 Å². The lowest BCUT2D eigenvalue weighted by Crippen LogP contribution is -2.30. The van der Waals surface area contributed by atoms with Crippen LogP contribution in [0.2, 0.25) is 0 Å². The molecule has 1 heterocycles. The first-order valence-corrected chi connectivity index (χ1v) is 6.21. The lowest BCUT2D eigenvalue weighted by Gasteiger charge is -2.19. The highest BCUT2D eigenvalue weighted by Gasteiger charge is 2.21. The van der Waals surface area contributed by atoms with Gasteiger partial charge in [0.2, 0.25) is 0 Å². The van der Waals surface area contributed by atoms with Gasteiger partial charge in [-0.15, -0.1) is 0 Å². The van der Waals surface area contributed by atoms with E-state index in [9.17, 15) is 0 Å². The Hall–Kier alpha value is -1.22. The molecule has 1 aliphatic heterocycles. The van der Waals surface area contributed by atoms with E-state index in [1.807, 2.05) is 24.3 Å². The molecule has 0 spiro atoms. The second-order valence-corrected chi connectivity index (χ2v) is 4.47. The van der Waals surface area contributed by atoms with Crippen LogP contribution in [0.25, 0.3) is 0 Å². The van der Waals surface area contributed by atoms with Crippen molar-refractivity contribution in [2.45, 2.75) is 18.9 Å². The van der Waals surface area contributed by atoms with Crippen LogP contribution in [0.3, 0.4) is 0 Å². The Labute approximate surface area is 107 Å². The van der Waals surface area contributed by atoms with Gasteiger partial charge in [-0.3, -0.25) is 0 Å². The molecule has 0 saturated carbocycles. The highest BCUT2D eigenvalue weighted by molar-refractivity contribution is 7.78. The quantitative estimate of drug-likeness (QED) is 0.605. The van der Waals surface area contributed by atoms with Crippen molar-refractivity contribution < 1.29 is 4.74 Å². The first-order chi connectivity index (χ1) is 8.29. The lowest BCUT2D eigenvalue weighted by molar-refractivity contribution is 0.198. The number of rotatable bonds is 4. The fourth-order valence-corrected chi connectivity index (χ4v) is 2.16. The Bertz CT molecular complexity index is 412. The highest BCUT2D eigenvalue weighted by Crippen LogP contribution is 2.20. The third-order valence-corrected chi connectivity index (χ3v) is 3.22. The van der Waals surface area contributed by atoms with Gasteiger partial charge >= 0.3 is 0 Å². The van der Waals surface area contributed by atoms with Crippen molar-refractivity contribution >= 4 is 23.1 Å². The maximum Gasteiger partial charge on any atom is 0.119 e. The summed E-state index contributed by atoms with van der Waals surface area (Å²) in [6.07, 6.45) is 2.50. The van der Waals surface area contributed by atoms with Crippen LogP contribution < -0.4 is 4.74 Å². The van der Waals surface area contributed by atoms with E-state index in [0.29, 0.717) is 6.04 Å². The first-order valence-electron chi connectivity index (χ1n) is 5.80. The molecule has 1 fully saturated rings. The molecule has 2 rings (SSSR count). The predicted molar refractivity (Wildman–Crippen MR) is 72.3 cm³/mol. The van der Waals surface area contributed by atoms with E-state index in [1.165, 1.54) is 19.4 Å². The number of hydrogen-bond acceptors (Lipinski definition) is 4. The van der Waals surface area contributed by atoms with Gasteiger partial charge in [0.1, 0.15) is 12.4 Å². The minimum atomic E-state index is 0.550. The summed E-state index contributed by atoms with van der Waals surface area (Å²) in [4.78, 5) is 6.25. The van der Waals surface area contributed by atoms with E-state index < -0.39 is 0 Å². The van der Waals surface area contributed by atoms with Crippen molar-refractivity contribution in [1.29, 1.82) is 0 Å². The summed E-state index contributed by atoms with van der Waals surface area (Å²) in [5.41, 5.74) is 0.810. The zero-order valence-electron chi connectivity index (χ0n) is 9.93. The van der Waals surface area contributed by atoms with Crippen molar-refractivity contribution in [3.63, 3.8) is 0 Å². The molecule has 1 atom stereocenters.